The van der Waals surface area contributed by atoms with E-state index in [1.54, 1.807) is 36.3 Å². The van der Waals surface area contributed by atoms with Crippen molar-refractivity contribution in [3.63, 3.8) is 0 Å². The summed E-state index contributed by atoms with van der Waals surface area (Å²) in [7, 11) is -1.73. The van der Waals surface area contributed by atoms with E-state index in [9.17, 15) is 13.2 Å². The van der Waals surface area contributed by atoms with Crippen molar-refractivity contribution < 1.29 is 13.2 Å². The summed E-state index contributed by atoms with van der Waals surface area (Å²) in [5.41, 5.74) is 0.731. The fraction of sp³-hybridized carbons (Fsp3) is 0.529. The second-order valence-electron chi connectivity index (χ2n) is 6.72. The fourth-order valence-corrected chi connectivity index (χ4v) is 4.39. The molecule has 1 aliphatic rings. The van der Waals surface area contributed by atoms with Crippen LogP contribution < -0.4 is 0 Å². The van der Waals surface area contributed by atoms with Gasteiger partial charge in [-0.2, -0.15) is 0 Å². The van der Waals surface area contributed by atoms with E-state index in [2.05, 4.69) is 11.9 Å². The van der Waals surface area contributed by atoms with E-state index in [0.29, 0.717) is 11.4 Å². The third-order valence-corrected chi connectivity index (χ3v) is 5.89. The predicted octanol–water partition coefficient (Wildman–Crippen LogP) is 2.39. The number of rotatable bonds is 3. The molecule has 6 nitrogen and oxygen atoms in total. The molecular weight excluding hydrogens is 326 g/mol. The van der Waals surface area contributed by atoms with Crippen LogP contribution in [-0.4, -0.2) is 48.0 Å². The molecule has 0 aromatic carbocycles. The highest BCUT2D eigenvalue weighted by Crippen LogP contribution is 2.29. The van der Waals surface area contributed by atoms with Crippen LogP contribution in [0.25, 0.3) is 5.52 Å². The van der Waals surface area contributed by atoms with Gasteiger partial charge in [-0.1, -0.05) is 25.8 Å². The van der Waals surface area contributed by atoms with Gasteiger partial charge < -0.3 is 4.90 Å². The summed E-state index contributed by atoms with van der Waals surface area (Å²) in [5, 5.41) is -0.0912. The molecule has 0 aliphatic heterocycles. The van der Waals surface area contributed by atoms with E-state index < -0.39 is 9.84 Å². The lowest BCUT2D eigenvalue weighted by Gasteiger charge is -2.36. The molecule has 0 radical (unpaired) electrons. The zero-order valence-electron chi connectivity index (χ0n) is 14.3. The highest BCUT2D eigenvalue weighted by molar-refractivity contribution is 7.90. The molecule has 24 heavy (non-hydrogen) atoms. The van der Waals surface area contributed by atoms with Crippen LogP contribution in [-0.2, 0) is 9.84 Å². The van der Waals surface area contributed by atoms with Gasteiger partial charge in [0.25, 0.3) is 5.91 Å². The Morgan fingerprint density at radius 1 is 1.29 bits per heavy atom. The summed E-state index contributed by atoms with van der Waals surface area (Å²) in [6.07, 6.45) is 7.14. The Morgan fingerprint density at radius 2 is 2.00 bits per heavy atom. The minimum Gasteiger partial charge on any atom is -0.337 e. The van der Waals surface area contributed by atoms with E-state index in [1.165, 1.54) is 10.8 Å². The number of hydrogen-bond donors (Lipinski definition) is 0. The molecule has 0 unspecified atom stereocenters. The molecule has 2 heterocycles. The van der Waals surface area contributed by atoms with Gasteiger partial charge in [-0.15, -0.1) is 0 Å². The first-order valence-corrected chi connectivity index (χ1v) is 10.1. The molecule has 1 fully saturated rings. The number of fused-ring (bicyclic) bond motifs is 1. The molecule has 1 aliphatic carbocycles. The molecule has 3 rings (SSSR count). The molecule has 0 spiro atoms. The molecule has 0 bridgehead atoms. The van der Waals surface area contributed by atoms with Gasteiger partial charge in [-0.05, 0) is 30.9 Å². The van der Waals surface area contributed by atoms with Crippen molar-refractivity contribution in [2.45, 2.75) is 43.8 Å². The zero-order valence-corrected chi connectivity index (χ0v) is 15.1. The number of imidazole rings is 1. The van der Waals surface area contributed by atoms with Gasteiger partial charge in [-0.25, -0.2) is 13.4 Å². The Kier molecular flexibility index (Phi) is 4.38. The number of nitrogens with zero attached hydrogens (tertiary/aromatic N) is 3. The average molecular weight is 349 g/mol. The monoisotopic (exact) mass is 349 g/mol. The highest BCUT2D eigenvalue weighted by Gasteiger charge is 2.31. The third-order valence-electron chi connectivity index (χ3n) is 4.93. The van der Waals surface area contributed by atoms with Crippen LogP contribution in [0.2, 0.25) is 0 Å². The number of amides is 1. The Labute approximate surface area is 142 Å². The second-order valence-corrected chi connectivity index (χ2v) is 8.63. The summed E-state index contributed by atoms with van der Waals surface area (Å²) in [5.74, 6) is 0.225. The Morgan fingerprint density at radius 3 is 2.67 bits per heavy atom. The van der Waals surface area contributed by atoms with Gasteiger partial charge in [0.05, 0.1) is 5.52 Å². The van der Waals surface area contributed by atoms with E-state index in [-0.39, 0.29) is 22.8 Å². The maximum absolute atomic E-state index is 13.0. The van der Waals surface area contributed by atoms with Gasteiger partial charge in [0.1, 0.15) is 0 Å². The van der Waals surface area contributed by atoms with Gasteiger partial charge in [0.2, 0.25) is 15.0 Å². The number of aromatic nitrogens is 2. The van der Waals surface area contributed by atoms with Crippen molar-refractivity contribution in [2.24, 2.45) is 5.92 Å². The molecular formula is C17H23N3O3S. The normalized spacial score (nSPS) is 21.8. The van der Waals surface area contributed by atoms with Crippen molar-refractivity contribution in [1.82, 2.24) is 14.3 Å². The van der Waals surface area contributed by atoms with Crippen LogP contribution in [0.3, 0.4) is 0 Å². The number of carbonyl (C=O) groups is 1. The standard InChI is InChI=1S/C17H23N3O3S/c1-12-8-4-5-9-13(12)19(2)16(21)15-14-10-6-7-11-20(14)17(18-15)24(3,22)23/h6-7,10-13H,4-5,8-9H2,1-3H3/t12-,13+/m0/s1. The first-order chi connectivity index (χ1) is 11.3. The van der Waals surface area contributed by atoms with E-state index in [0.717, 1.165) is 25.5 Å². The SMILES string of the molecule is C[C@H]1CCCC[C@H]1N(C)C(=O)c1nc(S(C)(=O)=O)n2ccccc12. The highest BCUT2D eigenvalue weighted by atomic mass is 32.2. The van der Waals surface area contributed by atoms with Gasteiger partial charge in [-0.3, -0.25) is 9.20 Å². The molecule has 2 aromatic heterocycles. The molecule has 2 aromatic rings. The van der Waals surface area contributed by atoms with Crippen LogP contribution in [0.15, 0.2) is 29.6 Å². The van der Waals surface area contributed by atoms with E-state index >= 15 is 0 Å². The number of carbonyl (C=O) groups excluding carboxylic acids is 1. The van der Waals surface area contributed by atoms with Crippen molar-refractivity contribution in [3.05, 3.63) is 30.1 Å². The minimum absolute atomic E-state index is 0.0912. The van der Waals surface area contributed by atoms with Gasteiger partial charge >= 0.3 is 0 Å². The molecule has 1 amide bonds. The van der Waals surface area contributed by atoms with Crippen molar-refractivity contribution in [1.29, 1.82) is 0 Å². The van der Waals surface area contributed by atoms with Crippen molar-refractivity contribution in [3.8, 4) is 0 Å². The molecule has 0 N–H and O–H groups in total. The summed E-state index contributed by atoms with van der Waals surface area (Å²) in [6, 6.07) is 5.41. The van der Waals surface area contributed by atoms with Crippen LogP contribution >= 0.6 is 0 Å². The predicted molar refractivity (Wildman–Crippen MR) is 91.8 cm³/mol. The van der Waals surface area contributed by atoms with Crippen LogP contribution in [0.1, 0.15) is 43.1 Å². The van der Waals surface area contributed by atoms with E-state index in [4.69, 9.17) is 0 Å². The lowest BCUT2D eigenvalue weighted by atomic mass is 9.85. The van der Waals surface area contributed by atoms with Crippen LogP contribution in [0.4, 0.5) is 0 Å². The number of pyridine rings is 1. The molecule has 1 saturated carbocycles. The Balaban J connectivity index is 2.04. The maximum atomic E-state index is 13.0. The summed E-state index contributed by atoms with van der Waals surface area (Å²) in [4.78, 5) is 18.9. The van der Waals surface area contributed by atoms with Crippen LogP contribution in [0.5, 0.6) is 0 Å². The smallest absolute Gasteiger partial charge is 0.274 e. The third kappa shape index (κ3) is 2.92. The molecule has 2 atom stereocenters. The average Bonchev–Trinajstić information content (AvgIpc) is 2.94. The van der Waals surface area contributed by atoms with E-state index in [1.807, 2.05) is 0 Å². The van der Waals surface area contributed by atoms with Gasteiger partial charge in [0.15, 0.2) is 5.69 Å². The number of sulfone groups is 1. The molecule has 0 saturated heterocycles. The fourth-order valence-electron chi connectivity index (χ4n) is 3.62. The summed E-state index contributed by atoms with van der Waals surface area (Å²) >= 11 is 0. The second kappa shape index (κ2) is 6.20. The lowest BCUT2D eigenvalue weighted by Crippen LogP contribution is -2.42. The topological polar surface area (TPSA) is 71.8 Å². The number of hydrogen-bond acceptors (Lipinski definition) is 4. The summed E-state index contributed by atoms with van der Waals surface area (Å²) in [6.45, 7) is 2.17. The molecule has 7 heteroatoms. The quantitative estimate of drug-likeness (QED) is 0.853. The first-order valence-electron chi connectivity index (χ1n) is 8.25. The minimum atomic E-state index is -3.52. The Hall–Kier alpha value is -1.89. The molecule has 130 valence electrons. The van der Waals surface area contributed by atoms with Crippen molar-refractivity contribution in [2.75, 3.05) is 13.3 Å². The van der Waals surface area contributed by atoms with Gasteiger partial charge in [0, 0.05) is 25.5 Å². The first kappa shape index (κ1) is 17.0. The van der Waals surface area contributed by atoms with Crippen LogP contribution in [0, 0.1) is 5.92 Å². The summed E-state index contributed by atoms with van der Waals surface area (Å²) < 4.78 is 25.5. The largest absolute Gasteiger partial charge is 0.337 e. The van der Waals surface area contributed by atoms with Crippen molar-refractivity contribution >= 4 is 21.3 Å². The Bertz CT molecular complexity index is 872. The lowest BCUT2D eigenvalue weighted by molar-refractivity contribution is 0.0625. The zero-order chi connectivity index (χ0) is 17.5. The maximum Gasteiger partial charge on any atom is 0.274 e.